The van der Waals surface area contributed by atoms with Crippen LogP contribution in [-0.4, -0.2) is 17.1 Å². The van der Waals surface area contributed by atoms with E-state index in [9.17, 15) is 9.18 Å². The maximum Gasteiger partial charge on any atom is 0.308 e. The van der Waals surface area contributed by atoms with Crippen molar-refractivity contribution < 1.29 is 14.3 Å². The first-order valence-electron chi connectivity index (χ1n) is 5.14. The summed E-state index contributed by atoms with van der Waals surface area (Å²) in [5, 5.41) is 20.4. The van der Waals surface area contributed by atoms with Crippen LogP contribution in [0, 0.1) is 23.1 Å². The van der Waals surface area contributed by atoms with Crippen molar-refractivity contribution in [1.82, 2.24) is 0 Å². The third-order valence-electron chi connectivity index (χ3n) is 2.62. The summed E-state index contributed by atoms with van der Waals surface area (Å²) in [6.45, 7) is 3.29. The second-order valence-electron chi connectivity index (χ2n) is 3.87. The van der Waals surface area contributed by atoms with Gasteiger partial charge in [0.2, 0.25) is 0 Å². The third-order valence-corrected chi connectivity index (χ3v) is 2.62. The summed E-state index contributed by atoms with van der Waals surface area (Å²) in [6, 6.07) is 5.43. The minimum atomic E-state index is -0.910. The summed E-state index contributed by atoms with van der Waals surface area (Å²) < 4.78 is 13.0. The number of hydrogen-bond acceptors (Lipinski definition) is 3. The topological polar surface area (TPSA) is 73.1 Å². The van der Waals surface area contributed by atoms with Crippen molar-refractivity contribution in [3.63, 3.8) is 0 Å². The first-order valence-corrected chi connectivity index (χ1v) is 5.14. The van der Waals surface area contributed by atoms with Crippen molar-refractivity contribution in [3.05, 3.63) is 29.6 Å². The molecule has 2 N–H and O–H groups in total. The molecule has 0 spiro atoms. The van der Waals surface area contributed by atoms with Crippen molar-refractivity contribution in [3.8, 4) is 6.07 Å². The number of carboxylic acids is 1. The standard InChI is InChI=1S/C12H13FN2O2/c1-7(12(16)17)8(2)15-10-3-4-11(13)9(5-10)6-14/h3-5,7-8,15H,1-2H3,(H,16,17). The molecule has 0 radical (unpaired) electrons. The van der Waals surface area contributed by atoms with E-state index in [0.29, 0.717) is 5.69 Å². The molecule has 1 rings (SSSR count). The van der Waals surface area contributed by atoms with Crippen LogP contribution in [0.4, 0.5) is 10.1 Å². The van der Waals surface area contributed by atoms with E-state index in [4.69, 9.17) is 10.4 Å². The van der Waals surface area contributed by atoms with Crippen molar-refractivity contribution in [2.75, 3.05) is 5.32 Å². The molecule has 90 valence electrons. The zero-order valence-electron chi connectivity index (χ0n) is 9.57. The fraction of sp³-hybridized carbons (Fsp3) is 0.333. The fourth-order valence-electron chi connectivity index (χ4n) is 1.30. The maximum atomic E-state index is 13.0. The lowest BCUT2D eigenvalue weighted by atomic mass is 10.0. The lowest BCUT2D eigenvalue weighted by Gasteiger charge is -2.19. The van der Waals surface area contributed by atoms with Crippen LogP contribution in [0.2, 0.25) is 0 Å². The molecule has 0 amide bonds. The molecule has 4 nitrogen and oxygen atoms in total. The monoisotopic (exact) mass is 236 g/mol. The van der Waals surface area contributed by atoms with Crippen molar-refractivity contribution in [2.45, 2.75) is 19.9 Å². The number of nitrogens with one attached hydrogen (secondary N) is 1. The fourth-order valence-corrected chi connectivity index (χ4v) is 1.30. The number of anilines is 1. The molecular formula is C12H13FN2O2. The number of carboxylic acid groups (broad SMARTS) is 1. The number of halogens is 1. The van der Waals surface area contributed by atoms with E-state index in [1.165, 1.54) is 18.2 Å². The minimum Gasteiger partial charge on any atom is -0.481 e. The molecule has 0 fully saturated rings. The Balaban J connectivity index is 2.83. The Bertz CT molecular complexity index is 468. The molecule has 0 heterocycles. The Morgan fingerprint density at radius 3 is 2.71 bits per heavy atom. The number of nitrogens with zero attached hydrogens (tertiary/aromatic N) is 1. The Kier molecular flexibility index (Phi) is 4.05. The molecule has 1 aromatic carbocycles. The number of aliphatic carboxylic acids is 1. The number of benzene rings is 1. The van der Waals surface area contributed by atoms with Crippen molar-refractivity contribution >= 4 is 11.7 Å². The molecule has 2 unspecified atom stereocenters. The van der Waals surface area contributed by atoms with E-state index in [1.807, 2.05) is 0 Å². The first-order chi connectivity index (χ1) is 7.95. The highest BCUT2D eigenvalue weighted by molar-refractivity contribution is 5.71. The van der Waals surface area contributed by atoms with Crippen molar-refractivity contribution in [2.24, 2.45) is 5.92 Å². The van der Waals surface area contributed by atoms with Crippen molar-refractivity contribution in [1.29, 1.82) is 5.26 Å². The normalized spacial score (nSPS) is 13.5. The van der Waals surface area contributed by atoms with Gasteiger partial charge in [-0.25, -0.2) is 4.39 Å². The van der Waals surface area contributed by atoms with Gasteiger partial charge in [0.25, 0.3) is 0 Å². The van der Waals surface area contributed by atoms with Crippen LogP contribution in [0.25, 0.3) is 0 Å². The van der Waals surface area contributed by atoms with Gasteiger partial charge in [0.1, 0.15) is 11.9 Å². The lowest BCUT2D eigenvalue weighted by Crippen LogP contribution is -2.29. The Morgan fingerprint density at radius 2 is 2.18 bits per heavy atom. The molecule has 0 aliphatic carbocycles. The third kappa shape index (κ3) is 3.18. The Morgan fingerprint density at radius 1 is 1.53 bits per heavy atom. The van der Waals surface area contributed by atoms with Gasteiger partial charge < -0.3 is 10.4 Å². The largest absolute Gasteiger partial charge is 0.481 e. The van der Waals surface area contributed by atoms with Gasteiger partial charge in [0, 0.05) is 11.7 Å². The van der Waals surface area contributed by atoms with Crippen LogP contribution in [0.5, 0.6) is 0 Å². The number of carbonyl (C=O) groups is 1. The molecule has 17 heavy (non-hydrogen) atoms. The smallest absolute Gasteiger partial charge is 0.308 e. The molecule has 0 aromatic heterocycles. The Labute approximate surface area is 98.7 Å². The summed E-state index contributed by atoms with van der Waals surface area (Å²) in [4.78, 5) is 10.8. The van der Waals surface area contributed by atoms with Gasteiger partial charge in [-0.05, 0) is 32.0 Å². The van der Waals surface area contributed by atoms with E-state index < -0.39 is 17.7 Å². The maximum absolute atomic E-state index is 13.0. The molecule has 5 heteroatoms. The molecule has 0 aliphatic heterocycles. The second-order valence-corrected chi connectivity index (χ2v) is 3.87. The van der Waals surface area contributed by atoms with E-state index in [-0.39, 0.29) is 11.6 Å². The van der Waals surface area contributed by atoms with Gasteiger partial charge in [0.05, 0.1) is 11.5 Å². The van der Waals surface area contributed by atoms with Crippen LogP contribution < -0.4 is 5.32 Å². The predicted molar refractivity (Wildman–Crippen MR) is 61.0 cm³/mol. The molecule has 2 atom stereocenters. The summed E-state index contributed by atoms with van der Waals surface area (Å²) in [7, 11) is 0. The number of rotatable bonds is 4. The SMILES string of the molecule is CC(Nc1ccc(F)c(C#N)c1)C(C)C(=O)O. The van der Waals surface area contributed by atoms with Crippen LogP contribution in [0.1, 0.15) is 19.4 Å². The summed E-state index contributed by atoms with van der Waals surface area (Å²) in [5.41, 5.74) is 0.466. The van der Waals surface area contributed by atoms with Crippen LogP contribution in [0.15, 0.2) is 18.2 Å². The van der Waals surface area contributed by atoms with E-state index in [1.54, 1.807) is 19.9 Å². The second kappa shape index (κ2) is 5.30. The quantitative estimate of drug-likeness (QED) is 0.840. The van der Waals surface area contributed by atoms with Gasteiger partial charge in [-0.15, -0.1) is 0 Å². The van der Waals surface area contributed by atoms with Crippen LogP contribution >= 0.6 is 0 Å². The summed E-state index contributed by atoms with van der Waals surface area (Å²) in [6.07, 6.45) is 0. The van der Waals surface area contributed by atoms with E-state index in [2.05, 4.69) is 5.32 Å². The highest BCUT2D eigenvalue weighted by Gasteiger charge is 2.19. The molecule has 0 bridgehead atoms. The zero-order chi connectivity index (χ0) is 13.0. The summed E-state index contributed by atoms with van der Waals surface area (Å²) in [5.74, 6) is -2.07. The van der Waals surface area contributed by atoms with Crippen LogP contribution in [0.3, 0.4) is 0 Å². The van der Waals surface area contributed by atoms with Gasteiger partial charge >= 0.3 is 5.97 Å². The highest BCUT2D eigenvalue weighted by Crippen LogP contribution is 2.17. The minimum absolute atomic E-state index is 0.0646. The molecule has 0 saturated heterocycles. The Hall–Kier alpha value is -2.09. The van der Waals surface area contributed by atoms with Gasteiger partial charge in [0.15, 0.2) is 0 Å². The average Bonchev–Trinajstić information content (AvgIpc) is 2.30. The molecule has 0 aliphatic rings. The van der Waals surface area contributed by atoms with Gasteiger partial charge in [-0.2, -0.15) is 5.26 Å². The summed E-state index contributed by atoms with van der Waals surface area (Å²) >= 11 is 0. The van der Waals surface area contributed by atoms with E-state index >= 15 is 0 Å². The molecular weight excluding hydrogens is 223 g/mol. The zero-order valence-corrected chi connectivity index (χ0v) is 9.57. The molecule has 0 saturated carbocycles. The van der Waals surface area contributed by atoms with Crippen LogP contribution in [-0.2, 0) is 4.79 Å². The van der Waals surface area contributed by atoms with Gasteiger partial charge in [-0.3, -0.25) is 4.79 Å². The van der Waals surface area contributed by atoms with E-state index in [0.717, 1.165) is 0 Å². The molecule has 1 aromatic rings. The average molecular weight is 236 g/mol. The predicted octanol–water partition coefficient (Wildman–Crippen LogP) is 2.22. The van der Waals surface area contributed by atoms with Gasteiger partial charge in [-0.1, -0.05) is 0 Å². The number of hydrogen-bond donors (Lipinski definition) is 2. The lowest BCUT2D eigenvalue weighted by molar-refractivity contribution is -0.141. The highest BCUT2D eigenvalue weighted by atomic mass is 19.1. The number of nitriles is 1. The first kappa shape index (κ1) is 13.0.